The van der Waals surface area contributed by atoms with Gasteiger partial charge in [0.25, 0.3) is 0 Å². The van der Waals surface area contributed by atoms with Crippen molar-refractivity contribution in [2.45, 2.75) is 227 Å². The van der Waals surface area contributed by atoms with E-state index in [9.17, 15) is 46.3 Å². The van der Waals surface area contributed by atoms with E-state index in [2.05, 4.69) is 164 Å². The second kappa shape index (κ2) is 49.9. The number of benzene rings is 5. The van der Waals surface area contributed by atoms with E-state index in [1.54, 1.807) is 48.7 Å². The molecular weight excluding hydrogens is 1620 g/mol. The van der Waals surface area contributed by atoms with Crippen LogP contribution in [0, 0.1) is 30.2 Å². The molecule has 6 aromatic heterocycles. The molecule has 6 amide bonds. The maximum atomic E-state index is 13.8. The molecule has 0 bridgehead atoms. The zero-order chi connectivity index (χ0) is 85.6. The molecule has 11 aromatic rings. The summed E-state index contributed by atoms with van der Waals surface area (Å²) in [4.78, 5) is 72.6. The Kier molecular flexibility index (Phi) is 39.4. The Morgan fingerprint density at radius 2 is 0.807 bits per heavy atom. The number of nitrogens with one attached hydrogen (secondary N) is 6. The predicted molar refractivity (Wildman–Crippen MR) is 463 cm³/mol. The van der Waals surface area contributed by atoms with Gasteiger partial charge in [-0.3, -0.25) is 33.8 Å². The molecule has 632 valence electrons. The van der Waals surface area contributed by atoms with Crippen LogP contribution < -0.4 is 31.9 Å². The van der Waals surface area contributed by atoms with Gasteiger partial charge < -0.3 is 31.9 Å². The first kappa shape index (κ1) is 94.1. The lowest BCUT2D eigenvalue weighted by Crippen LogP contribution is -2.27. The number of halogens is 4. The SMILES string of the molecule is CC(=O)NC(Cc1ccc(C)cc1)c1nnc(-c2ccccn2)s1.CC(=O)NCCCCC(NC(C)=O)c1nnc(-c2ccc(F)cc2)s1.CCCCCC(NC(C)=O)c1nnc(-c2ccc(F)cc2)s1.CCCCCC(NC(C)=O)c1nnc(-c2ccc(F)cc2F)s1.CCc1ccc(CC(NC(C)=O)c2nnc(C3CCCCC3)s2)cc1. The first-order valence-corrected chi connectivity index (χ1v) is 44.2. The lowest BCUT2D eigenvalue weighted by atomic mass is 9.90. The summed E-state index contributed by atoms with van der Waals surface area (Å²) in [6, 6.07) is 37.3. The predicted octanol–water partition coefficient (Wildman–Crippen LogP) is 19.1. The van der Waals surface area contributed by atoms with Crippen LogP contribution in [0.2, 0.25) is 0 Å². The monoisotopic (exact) mass is 1720 g/mol. The van der Waals surface area contributed by atoms with E-state index in [4.69, 9.17) is 0 Å². The van der Waals surface area contributed by atoms with E-state index < -0.39 is 11.6 Å². The molecule has 1 fully saturated rings. The van der Waals surface area contributed by atoms with Crippen molar-refractivity contribution in [2.24, 2.45) is 0 Å². The highest BCUT2D eigenvalue weighted by Crippen LogP contribution is 2.38. The zero-order valence-electron chi connectivity index (χ0n) is 68.8. The van der Waals surface area contributed by atoms with Crippen molar-refractivity contribution in [3.05, 3.63) is 215 Å². The number of pyridine rings is 1. The van der Waals surface area contributed by atoms with E-state index in [-0.39, 0.29) is 82.9 Å². The summed E-state index contributed by atoms with van der Waals surface area (Å²) in [5.74, 6) is -1.82. The third-order valence-corrected chi connectivity index (χ3v) is 24.2. The Hall–Kier alpha value is -10.4. The normalized spacial score (nSPS) is 13.0. The summed E-state index contributed by atoms with van der Waals surface area (Å²) in [5, 5.41) is 67.2. The fourth-order valence-corrected chi connectivity index (χ4v) is 17.4. The van der Waals surface area contributed by atoms with E-state index in [0.29, 0.717) is 45.3 Å². The number of aromatic nitrogens is 11. The molecule has 1 aliphatic rings. The minimum absolute atomic E-state index is 0.0235. The Labute approximate surface area is 713 Å². The summed E-state index contributed by atoms with van der Waals surface area (Å²) >= 11 is 7.18. The summed E-state index contributed by atoms with van der Waals surface area (Å²) in [6.07, 6.45) is 20.9. The van der Waals surface area contributed by atoms with Crippen LogP contribution in [0.25, 0.3) is 42.4 Å². The van der Waals surface area contributed by atoms with E-state index in [1.165, 1.54) is 165 Å². The highest BCUT2D eigenvalue weighted by atomic mass is 32.1. The number of carbonyl (C=O) groups excluding carboxylic acids is 6. The number of rotatable bonds is 33. The molecule has 12 rings (SSSR count). The fourth-order valence-electron chi connectivity index (χ4n) is 12.6. The topological polar surface area (TPSA) is 316 Å². The second-order valence-corrected chi connectivity index (χ2v) is 33.8. The van der Waals surface area contributed by atoms with E-state index in [1.807, 2.05) is 18.2 Å². The van der Waals surface area contributed by atoms with Crippen LogP contribution in [0.3, 0.4) is 0 Å². The molecule has 1 saturated carbocycles. The van der Waals surface area contributed by atoms with Crippen LogP contribution in [-0.2, 0) is 48.0 Å². The fraction of sp³-hybridized carbons (Fsp3) is 0.414. The van der Waals surface area contributed by atoms with Gasteiger partial charge in [0.1, 0.15) is 69.0 Å². The van der Waals surface area contributed by atoms with Gasteiger partial charge in [-0.2, -0.15) is 0 Å². The zero-order valence-corrected chi connectivity index (χ0v) is 72.9. The first-order chi connectivity index (χ1) is 57.3. The second-order valence-electron chi connectivity index (χ2n) is 28.7. The van der Waals surface area contributed by atoms with Crippen molar-refractivity contribution in [1.29, 1.82) is 0 Å². The third-order valence-electron chi connectivity index (χ3n) is 18.7. The van der Waals surface area contributed by atoms with Crippen LogP contribution in [0.5, 0.6) is 0 Å². The first-order valence-electron chi connectivity index (χ1n) is 40.1. The molecular formula is C87H105F4N17O6S5. The summed E-state index contributed by atoms with van der Waals surface area (Å²) in [7, 11) is 0. The Morgan fingerprint density at radius 1 is 0.403 bits per heavy atom. The molecule has 119 heavy (non-hydrogen) atoms. The van der Waals surface area contributed by atoms with Crippen molar-refractivity contribution in [3.8, 4) is 42.4 Å². The van der Waals surface area contributed by atoms with Gasteiger partial charge in [0.2, 0.25) is 35.4 Å². The average molecular weight is 1720 g/mol. The van der Waals surface area contributed by atoms with Gasteiger partial charge in [0.05, 0.1) is 30.2 Å². The van der Waals surface area contributed by atoms with Crippen LogP contribution in [0.4, 0.5) is 17.6 Å². The number of hydrogen-bond acceptors (Lipinski definition) is 22. The van der Waals surface area contributed by atoms with Crippen LogP contribution in [0.1, 0.15) is 253 Å². The molecule has 0 spiro atoms. The molecule has 0 radical (unpaired) electrons. The highest BCUT2D eigenvalue weighted by Gasteiger charge is 2.27. The Morgan fingerprint density at radius 3 is 1.25 bits per heavy atom. The summed E-state index contributed by atoms with van der Waals surface area (Å²) in [5.41, 5.74) is 7.53. The molecule has 0 saturated heterocycles. The summed E-state index contributed by atoms with van der Waals surface area (Å²) < 4.78 is 52.8. The van der Waals surface area contributed by atoms with Crippen LogP contribution in [0.15, 0.2) is 140 Å². The van der Waals surface area contributed by atoms with Crippen molar-refractivity contribution in [2.75, 3.05) is 6.54 Å². The van der Waals surface area contributed by atoms with Crippen LogP contribution in [-0.4, -0.2) is 98.0 Å². The molecule has 1 aliphatic carbocycles. The number of hydrogen-bond donors (Lipinski definition) is 6. The van der Waals surface area contributed by atoms with E-state index >= 15 is 0 Å². The van der Waals surface area contributed by atoms with Crippen molar-refractivity contribution >= 4 is 92.1 Å². The number of aryl methyl sites for hydroxylation is 2. The smallest absolute Gasteiger partial charge is 0.217 e. The lowest BCUT2D eigenvalue weighted by Gasteiger charge is -2.18. The largest absolute Gasteiger partial charge is 0.356 e. The van der Waals surface area contributed by atoms with Gasteiger partial charge in [-0.1, -0.05) is 195 Å². The van der Waals surface area contributed by atoms with Gasteiger partial charge >= 0.3 is 0 Å². The van der Waals surface area contributed by atoms with Crippen molar-refractivity contribution in [1.82, 2.24) is 87.9 Å². The quantitative estimate of drug-likeness (QED) is 0.0164. The molecule has 5 unspecified atom stereocenters. The van der Waals surface area contributed by atoms with Crippen molar-refractivity contribution < 1.29 is 46.3 Å². The van der Waals surface area contributed by atoms with Gasteiger partial charge in [0.15, 0.2) is 10.0 Å². The van der Waals surface area contributed by atoms with Gasteiger partial charge in [-0.25, -0.2) is 17.6 Å². The minimum atomic E-state index is -0.672. The molecule has 6 heterocycles. The highest BCUT2D eigenvalue weighted by molar-refractivity contribution is 7.15. The standard InChI is InChI=1S/C20H27N3OS.C18H18N4OS.C17H21FN4O2S.C16H19F2N3OS.C16H20FN3OS/c1-3-15-9-11-16(12-10-15)13-18(21-14(2)24)20-23-22-19(25-20)17-7-5-4-6-8-17;1-12-6-8-14(9-7-12)11-16(20-13(2)23)18-22-21-17(24-18)15-5-3-4-10-19-15;1-11(23)19-10-4-3-5-15(20-12(2)24)17-22-21-16(25-17)13-6-8-14(18)9-7-13;1-3-4-5-6-14(19-10(2)22)16-21-20-15(23-16)12-8-7-11(17)9-13(12)18;1-3-4-5-6-14(18-11(2)21)16-20-19-15(22-16)12-7-9-13(17)10-8-12/h9-12,17-18H,3-8,13H2,1-2H3,(H,21,24);3-10,16H,11H2,1-2H3,(H,20,23);6-9,15H,3-5,10H2,1-2H3,(H,19,23)(H,20,24);7-9,14H,3-6H2,1-2H3,(H,19,22);7-10,14H,3-6H2,1-2H3,(H,18,21). The van der Waals surface area contributed by atoms with Gasteiger partial charge in [0, 0.05) is 83.0 Å². The Bertz CT molecular complexity index is 4930. The number of nitrogens with zero attached hydrogens (tertiary/aromatic N) is 11. The lowest BCUT2D eigenvalue weighted by molar-refractivity contribution is -0.120. The van der Waals surface area contributed by atoms with Crippen molar-refractivity contribution in [3.63, 3.8) is 0 Å². The average Bonchev–Trinajstić information content (AvgIpc) is 1.59. The van der Waals surface area contributed by atoms with E-state index in [0.717, 1.165) is 136 Å². The molecule has 0 aliphatic heterocycles. The molecule has 23 nitrogen and oxygen atoms in total. The summed E-state index contributed by atoms with van der Waals surface area (Å²) in [6.45, 7) is 18.1. The molecule has 6 N–H and O–H groups in total. The molecule has 5 aromatic carbocycles. The number of carbonyl (C=O) groups is 6. The maximum Gasteiger partial charge on any atom is 0.217 e. The number of amides is 6. The Balaban J connectivity index is 0.000000185. The maximum absolute atomic E-state index is 13.8. The third kappa shape index (κ3) is 32.7. The van der Waals surface area contributed by atoms with Crippen LogP contribution >= 0.6 is 56.7 Å². The number of unbranched alkanes of at least 4 members (excludes halogenated alkanes) is 5. The van der Waals surface area contributed by atoms with Gasteiger partial charge in [-0.05, 0) is 161 Å². The molecule has 32 heteroatoms. The molecule has 5 atom stereocenters. The minimum Gasteiger partial charge on any atom is -0.356 e. The van der Waals surface area contributed by atoms with Gasteiger partial charge in [-0.15, -0.1) is 51.0 Å².